The second kappa shape index (κ2) is 7.94. The monoisotopic (exact) mass is 433 g/mol. The molecular weight excluding hydrogens is 418 g/mol. The Labute approximate surface area is 160 Å². The first-order valence-corrected chi connectivity index (χ1v) is 9.97. The first kappa shape index (κ1) is 18.5. The normalized spacial score (nSPS) is 11.3. The average Bonchev–Trinajstić information content (AvgIpc) is 2.67. The predicted octanol–water partition coefficient (Wildman–Crippen LogP) is 3.39. The smallest absolute Gasteiger partial charge is 0.244 e. The van der Waals surface area contributed by atoms with E-state index in [-0.39, 0.29) is 17.2 Å². The van der Waals surface area contributed by atoms with Crippen molar-refractivity contribution in [2.75, 3.05) is 7.11 Å². The molecule has 3 aromatic rings. The fourth-order valence-electron chi connectivity index (χ4n) is 2.37. The summed E-state index contributed by atoms with van der Waals surface area (Å²) in [7, 11) is -2.34. The Kier molecular flexibility index (Phi) is 5.65. The largest absolute Gasteiger partial charge is 0.495 e. The Morgan fingerprint density at radius 1 is 1.08 bits per heavy atom. The molecule has 134 valence electrons. The van der Waals surface area contributed by atoms with E-state index in [9.17, 15) is 8.42 Å². The van der Waals surface area contributed by atoms with Crippen molar-refractivity contribution in [1.82, 2.24) is 14.7 Å². The topological polar surface area (TPSA) is 81.2 Å². The molecule has 6 nitrogen and oxygen atoms in total. The summed E-state index contributed by atoms with van der Waals surface area (Å²) in [5.41, 5.74) is 2.24. The Bertz CT molecular complexity index is 1010. The second-order valence-corrected chi connectivity index (χ2v) is 8.03. The lowest BCUT2D eigenvalue weighted by molar-refractivity contribution is 0.402. The summed E-state index contributed by atoms with van der Waals surface area (Å²) in [4.78, 5) is 8.44. The van der Waals surface area contributed by atoms with E-state index < -0.39 is 10.0 Å². The molecule has 1 aromatic heterocycles. The van der Waals surface area contributed by atoms with Gasteiger partial charge >= 0.3 is 0 Å². The van der Waals surface area contributed by atoms with Gasteiger partial charge in [-0.05, 0) is 24.3 Å². The van der Waals surface area contributed by atoms with Crippen molar-refractivity contribution in [3.8, 4) is 17.0 Å². The first-order valence-electron chi connectivity index (χ1n) is 7.69. The van der Waals surface area contributed by atoms with Crippen molar-refractivity contribution in [3.05, 3.63) is 71.1 Å². The summed E-state index contributed by atoms with van der Waals surface area (Å²) in [6.45, 7) is 0.0420. The van der Waals surface area contributed by atoms with Crippen LogP contribution in [0.4, 0.5) is 0 Å². The van der Waals surface area contributed by atoms with Gasteiger partial charge in [0.25, 0.3) is 0 Å². The van der Waals surface area contributed by atoms with Crippen LogP contribution in [0.15, 0.2) is 70.3 Å². The number of nitrogens with one attached hydrogen (secondary N) is 1. The maximum Gasteiger partial charge on any atom is 0.244 e. The third kappa shape index (κ3) is 4.27. The van der Waals surface area contributed by atoms with E-state index in [1.165, 1.54) is 19.5 Å². The number of rotatable bonds is 6. The second-order valence-electron chi connectivity index (χ2n) is 5.38. The highest BCUT2D eigenvalue weighted by Gasteiger charge is 2.20. The third-order valence-electron chi connectivity index (χ3n) is 3.65. The lowest BCUT2D eigenvalue weighted by Gasteiger charge is -2.11. The van der Waals surface area contributed by atoms with E-state index in [1.807, 2.05) is 30.3 Å². The lowest BCUT2D eigenvalue weighted by Crippen LogP contribution is -2.24. The Hall–Kier alpha value is -2.29. The van der Waals surface area contributed by atoms with Gasteiger partial charge in [-0.1, -0.05) is 46.3 Å². The molecule has 0 unspecified atom stereocenters. The zero-order valence-electron chi connectivity index (χ0n) is 13.9. The molecule has 1 N–H and O–H groups in total. The standard InChI is InChI=1S/C18H16BrN3O3S/c1-25-17-8-7-14(19)9-18(17)26(23,24)22-11-15-10-16(21-12-20-15)13-5-3-2-4-6-13/h2-10,12,22H,11H2,1H3. The van der Waals surface area contributed by atoms with E-state index in [0.717, 1.165) is 11.3 Å². The molecule has 0 saturated heterocycles. The Balaban J connectivity index is 1.82. The van der Waals surface area contributed by atoms with E-state index in [4.69, 9.17) is 4.74 Å². The molecule has 0 spiro atoms. The molecule has 0 amide bonds. The van der Waals surface area contributed by atoms with Gasteiger partial charge in [0, 0.05) is 10.0 Å². The number of aromatic nitrogens is 2. The third-order valence-corrected chi connectivity index (χ3v) is 5.57. The number of ether oxygens (including phenoxy) is 1. The van der Waals surface area contributed by atoms with Crippen LogP contribution >= 0.6 is 15.9 Å². The van der Waals surface area contributed by atoms with Crippen LogP contribution in [-0.2, 0) is 16.6 Å². The van der Waals surface area contributed by atoms with Crippen LogP contribution in [0.1, 0.15) is 5.69 Å². The number of methoxy groups -OCH3 is 1. The Morgan fingerprint density at radius 3 is 2.58 bits per heavy atom. The van der Waals surface area contributed by atoms with Crippen molar-refractivity contribution < 1.29 is 13.2 Å². The Morgan fingerprint density at radius 2 is 1.85 bits per heavy atom. The van der Waals surface area contributed by atoms with Crippen LogP contribution in [0, 0.1) is 0 Å². The first-order chi connectivity index (χ1) is 12.5. The molecule has 8 heteroatoms. The zero-order chi connectivity index (χ0) is 18.6. The summed E-state index contributed by atoms with van der Waals surface area (Å²) in [5.74, 6) is 0.272. The lowest BCUT2D eigenvalue weighted by atomic mass is 10.1. The van der Waals surface area contributed by atoms with Crippen molar-refractivity contribution in [2.24, 2.45) is 0 Å². The average molecular weight is 434 g/mol. The van der Waals surface area contributed by atoms with Crippen molar-refractivity contribution in [3.63, 3.8) is 0 Å². The molecule has 2 aromatic carbocycles. The summed E-state index contributed by atoms with van der Waals surface area (Å²) in [6, 6.07) is 16.2. The molecule has 0 saturated carbocycles. The van der Waals surface area contributed by atoms with E-state index in [1.54, 1.807) is 18.2 Å². The van der Waals surface area contributed by atoms with E-state index >= 15 is 0 Å². The van der Waals surface area contributed by atoms with Gasteiger partial charge in [-0.3, -0.25) is 0 Å². The van der Waals surface area contributed by atoms with Crippen LogP contribution in [0.25, 0.3) is 11.3 Å². The minimum Gasteiger partial charge on any atom is -0.495 e. The van der Waals surface area contributed by atoms with Crippen LogP contribution < -0.4 is 9.46 Å². The van der Waals surface area contributed by atoms with Gasteiger partial charge in [0.1, 0.15) is 17.0 Å². The quantitative estimate of drug-likeness (QED) is 0.643. The molecule has 0 bridgehead atoms. The highest BCUT2D eigenvalue weighted by atomic mass is 79.9. The van der Waals surface area contributed by atoms with Crippen LogP contribution in [0.2, 0.25) is 0 Å². The van der Waals surface area contributed by atoms with Gasteiger partial charge in [0.05, 0.1) is 25.0 Å². The number of benzene rings is 2. The van der Waals surface area contributed by atoms with Crippen LogP contribution in [-0.4, -0.2) is 25.5 Å². The molecule has 26 heavy (non-hydrogen) atoms. The minimum atomic E-state index is -3.77. The number of hydrogen-bond donors (Lipinski definition) is 1. The fraction of sp³-hybridized carbons (Fsp3) is 0.111. The SMILES string of the molecule is COc1ccc(Br)cc1S(=O)(=O)NCc1cc(-c2ccccc2)ncn1. The maximum absolute atomic E-state index is 12.6. The van der Waals surface area contributed by atoms with Crippen LogP contribution in [0.5, 0.6) is 5.75 Å². The molecule has 0 fully saturated rings. The molecular formula is C18H16BrN3O3S. The van der Waals surface area contributed by atoms with Gasteiger partial charge in [0.2, 0.25) is 10.0 Å². The van der Waals surface area contributed by atoms with Gasteiger partial charge in [-0.15, -0.1) is 0 Å². The molecule has 3 rings (SSSR count). The van der Waals surface area contributed by atoms with Crippen LogP contribution in [0.3, 0.4) is 0 Å². The fourth-order valence-corrected chi connectivity index (χ4v) is 4.07. The number of hydrogen-bond acceptors (Lipinski definition) is 5. The number of sulfonamides is 1. The van der Waals surface area contributed by atoms with Gasteiger partial charge < -0.3 is 4.74 Å². The summed E-state index contributed by atoms with van der Waals surface area (Å²) in [6.07, 6.45) is 1.42. The van der Waals surface area contributed by atoms with Gasteiger partial charge in [-0.2, -0.15) is 0 Å². The zero-order valence-corrected chi connectivity index (χ0v) is 16.3. The summed E-state index contributed by atoms with van der Waals surface area (Å²) >= 11 is 3.28. The molecule has 0 aliphatic carbocycles. The minimum absolute atomic E-state index is 0.0420. The molecule has 0 atom stereocenters. The molecule has 0 aliphatic heterocycles. The van der Waals surface area contributed by atoms with Gasteiger partial charge in [-0.25, -0.2) is 23.1 Å². The number of nitrogens with zero attached hydrogens (tertiary/aromatic N) is 2. The summed E-state index contributed by atoms with van der Waals surface area (Å²) < 4.78 is 33.6. The van der Waals surface area contributed by atoms with Crippen molar-refractivity contribution in [1.29, 1.82) is 0 Å². The van der Waals surface area contributed by atoms with Crippen molar-refractivity contribution in [2.45, 2.75) is 11.4 Å². The number of halogens is 1. The van der Waals surface area contributed by atoms with E-state index in [2.05, 4.69) is 30.6 Å². The highest BCUT2D eigenvalue weighted by molar-refractivity contribution is 9.10. The highest BCUT2D eigenvalue weighted by Crippen LogP contribution is 2.27. The predicted molar refractivity (Wildman–Crippen MR) is 102 cm³/mol. The van der Waals surface area contributed by atoms with E-state index in [0.29, 0.717) is 10.2 Å². The van der Waals surface area contributed by atoms with Crippen molar-refractivity contribution >= 4 is 26.0 Å². The molecule has 0 aliphatic rings. The summed E-state index contributed by atoms with van der Waals surface area (Å²) in [5, 5.41) is 0. The maximum atomic E-state index is 12.6. The molecule has 1 heterocycles. The molecule has 0 radical (unpaired) electrons. The van der Waals surface area contributed by atoms with Gasteiger partial charge in [0.15, 0.2) is 0 Å².